The standard InChI is InChI=1S/C19H15N3/c1-12-9-16(14-6-4-8-20-18(14)10-12)15-5-3-7-17-19(15)22-13(2)11-21-17/h3-11H,1-2H3. The molecule has 0 amide bonds. The van der Waals surface area contributed by atoms with Gasteiger partial charge in [0.1, 0.15) is 0 Å². The first-order valence-electron chi connectivity index (χ1n) is 7.30. The van der Waals surface area contributed by atoms with Crippen molar-refractivity contribution in [2.24, 2.45) is 0 Å². The van der Waals surface area contributed by atoms with Crippen LogP contribution in [0.3, 0.4) is 0 Å². The summed E-state index contributed by atoms with van der Waals surface area (Å²) in [6.07, 6.45) is 3.64. The zero-order valence-corrected chi connectivity index (χ0v) is 12.5. The number of pyridine rings is 1. The number of aromatic nitrogens is 3. The number of fused-ring (bicyclic) bond motifs is 2. The molecule has 3 nitrogen and oxygen atoms in total. The number of para-hydroxylation sites is 1. The number of hydrogen-bond donors (Lipinski definition) is 0. The Kier molecular flexibility index (Phi) is 2.86. The highest BCUT2D eigenvalue weighted by molar-refractivity contribution is 6.02. The third-order valence-electron chi connectivity index (χ3n) is 3.85. The van der Waals surface area contributed by atoms with E-state index in [1.807, 2.05) is 37.5 Å². The average molecular weight is 285 g/mol. The Balaban J connectivity index is 2.14. The van der Waals surface area contributed by atoms with E-state index in [9.17, 15) is 0 Å². The molecule has 22 heavy (non-hydrogen) atoms. The molecule has 2 aromatic heterocycles. The zero-order chi connectivity index (χ0) is 15.1. The average Bonchev–Trinajstić information content (AvgIpc) is 2.53. The molecule has 0 fully saturated rings. The molecule has 3 heteroatoms. The summed E-state index contributed by atoms with van der Waals surface area (Å²) in [5.41, 5.74) is 7.26. The van der Waals surface area contributed by atoms with Crippen LogP contribution in [0.15, 0.2) is 54.9 Å². The van der Waals surface area contributed by atoms with Crippen molar-refractivity contribution in [2.75, 3.05) is 0 Å². The second-order valence-electron chi connectivity index (χ2n) is 5.57. The summed E-state index contributed by atoms with van der Waals surface area (Å²) < 4.78 is 0. The Bertz CT molecular complexity index is 1010. The maximum atomic E-state index is 4.71. The molecular weight excluding hydrogens is 270 g/mol. The van der Waals surface area contributed by atoms with Gasteiger partial charge in [0.15, 0.2) is 0 Å². The Hall–Kier alpha value is -2.81. The molecule has 0 aliphatic rings. The predicted molar refractivity (Wildman–Crippen MR) is 89.7 cm³/mol. The van der Waals surface area contributed by atoms with Crippen LogP contribution in [0.4, 0.5) is 0 Å². The van der Waals surface area contributed by atoms with Gasteiger partial charge in [-0.2, -0.15) is 0 Å². The van der Waals surface area contributed by atoms with Gasteiger partial charge in [-0.3, -0.25) is 9.97 Å². The highest BCUT2D eigenvalue weighted by atomic mass is 14.8. The fraction of sp³-hybridized carbons (Fsp3) is 0.105. The minimum Gasteiger partial charge on any atom is -0.256 e. The molecule has 0 saturated carbocycles. The molecule has 0 spiro atoms. The smallest absolute Gasteiger partial charge is 0.0968 e. The van der Waals surface area contributed by atoms with Gasteiger partial charge in [-0.25, -0.2) is 4.98 Å². The van der Waals surface area contributed by atoms with Gasteiger partial charge in [-0.1, -0.05) is 24.3 Å². The molecule has 0 radical (unpaired) electrons. The van der Waals surface area contributed by atoms with E-state index in [1.165, 1.54) is 5.56 Å². The van der Waals surface area contributed by atoms with Crippen molar-refractivity contribution >= 4 is 21.9 Å². The molecule has 4 rings (SSSR count). The second kappa shape index (κ2) is 4.88. The van der Waals surface area contributed by atoms with Crippen molar-refractivity contribution in [1.29, 1.82) is 0 Å². The van der Waals surface area contributed by atoms with Gasteiger partial charge in [0.2, 0.25) is 0 Å². The molecule has 0 aliphatic heterocycles. The van der Waals surface area contributed by atoms with Gasteiger partial charge in [-0.15, -0.1) is 0 Å². The van der Waals surface area contributed by atoms with E-state index in [0.717, 1.165) is 38.8 Å². The predicted octanol–water partition coefficient (Wildman–Crippen LogP) is 4.46. The van der Waals surface area contributed by atoms with Crippen LogP contribution >= 0.6 is 0 Å². The third-order valence-corrected chi connectivity index (χ3v) is 3.85. The molecule has 2 aromatic carbocycles. The lowest BCUT2D eigenvalue weighted by Crippen LogP contribution is -1.92. The minimum atomic E-state index is 0.918. The van der Waals surface area contributed by atoms with Crippen LogP contribution in [0, 0.1) is 13.8 Å². The van der Waals surface area contributed by atoms with E-state index in [2.05, 4.69) is 41.2 Å². The molecule has 4 aromatic rings. The summed E-state index contributed by atoms with van der Waals surface area (Å²) in [5, 5.41) is 1.14. The molecule has 106 valence electrons. The highest BCUT2D eigenvalue weighted by Gasteiger charge is 2.10. The number of rotatable bonds is 1. The Morgan fingerprint density at radius 3 is 2.64 bits per heavy atom. The van der Waals surface area contributed by atoms with Crippen molar-refractivity contribution in [3.8, 4) is 11.1 Å². The van der Waals surface area contributed by atoms with Crippen molar-refractivity contribution < 1.29 is 0 Å². The van der Waals surface area contributed by atoms with Crippen molar-refractivity contribution in [3.63, 3.8) is 0 Å². The lowest BCUT2D eigenvalue weighted by molar-refractivity contribution is 1.19. The van der Waals surface area contributed by atoms with Crippen molar-refractivity contribution in [1.82, 2.24) is 15.0 Å². The van der Waals surface area contributed by atoms with Crippen LogP contribution < -0.4 is 0 Å². The fourth-order valence-corrected chi connectivity index (χ4v) is 2.88. The van der Waals surface area contributed by atoms with Gasteiger partial charge in [0.25, 0.3) is 0 Å². The van der Waals surface area contributed by atoms with Gasteiger partial charge in [-0.05, 0) is 43.2 Å². The molecule has 0 N–H and O–H groups in total. The molecular formula is C19H15N3. The molecule has 0 bridgehead atoms. The maximum Gasteiger partial charge on any atom is 0.0968 e. The van der Waals surface area contributed by atoms with Crippen LogP contribution in [0.1, 0.15) is 11.3 Å². The number of nitrogens with zero attached hydrogens (tertiary/aromatic N) is 3. The van der Waals surface area contributed by atoms with Crippen LogP contribution in [0.5, 0.6) is 0 Å². The van der Waals surface area contributed by atoms with Gasteiger partial charge in [0.05, 0.1) is 22.2 Å². The molecule has 2 heterocycles. The van der Waals surface area contributed by atoms with Gasteiger partial charge in [0, 0.05) is 23.3 Å². The minimum absolute atomic E-state index is 0.918. The van der Waals surface area contributed by atoms with E-state index in [4.69, 9.17) is 4.98 Å². The first-order chi connectivity index (χ1) is 10.7. The van der Waals surface area contributed by atoms with Gasteiger partial charge < -0.3 is 0 Å². The quantitative estimate of drug-likeness (QED) is 0.518. The maximum absolute atomic E-state index is 4.71. The lowest BCUT2D eigenvalue weighted by Gasteiger charge is -2.10. The Labute approximate surface area is 128 Å². The van der Waals surface area contributed by atoms with E-state index < -0.39 is 0 Å². The van der Waals surface area contributed by atoms with E-state index in [0.29, 0.717) is 0 Å². The first-order valence-corrected chi connectivity index (χ1v) is 7.30. The summed E-state index contributed by atoms with van der Waals surface area (Å²) in [4.78, 5) is 13.7. The van der Waals surface area contributed by atoms with E-state index >= 15 is 0 Å². The number of benzene rings is 2. The van der Waals surface area contributed by atoms with Crippen LogP contribution in [0.25, 0.3) is 33.1 Å². The van der Waals surface area contributed by atoms with Crippen LogP contribution in [-0.4, -0.2) is 15.0 Å². The Morgan fingerprint density at radius 1 is 0.818 bits per heavy atom. The van der Waals surface area contributed by atoms with Crippen molar-refractivity contribution in [3.05, 3.63) is 66.1 Å². The summed E-state index contributed by atoms with van der Waals surface area (Å²) in [6.45, 7) is 4.07. The number of aryl methyl sites for hydroxylation is 2. The van der Waals surface area contributed by atoms with E-state index in [-0.39, 0.29) is 0 Å². The normalized spacial score (nSPS) is 11.2. The summed E-state index contributed by atoms with van der Waals surface area (Å²) >= 11 is 0. The molecule has 0 aliphatic carbocycles. The zero-order valence-electron chi connectivity index (χ0n) is 12.5. The van der Waals surface area contributed by atoms with E-state index in [1.54, 1.807) is 0 Å². The molecule has 0 saturated heterocycles. The third kappa shape index (κ3) is 2.02. The molecule has 0 atom stereocenters. The van der Waals surface area contributed by atoms with Gasteiger partial charge >= 0.3 is 0 Å². The number of hydrogen-bond acceptors (Lipinski definition) is 3. The topological polar surface area (TPSA) is 38.7 Å². The monoisotopic (exact) mass is 285 g/mol. The molecule has 0 unspecified atom stereocenters. The van der Waals surface area contributed by atoms with Crippen molar-refractivity contribution in [2.45, 2.75) is 13.8 Å². The largest absolute Gasteiger partial charge is 0.256 e. The SMILES string of the molecule is Cc1cc(-c2cccc3ncc(C)nc23)c2cccnc2c1. The summed E-state index contributed by atoms with van der Waals surface area (Å²) in [7, 11) is 0. The Morgan fingerprint density at radius 2 is 1.73 bits per heavy atom. The second-order valence-corrected chi connectivity index (χ2v) is 5.57. The lowest BCUT2D eigenvalue weighted by atomic mass is 9.97. The summed E-state index contributed by atoms with van der Waals surface area (Å²) in [6, 6.07) is 14.5. The highest BCUT2D eigenvalue weighted by Crippen LogP contribution is 2.32. The van der Waals surface area contributed by atoms with Crippen LogP contribution in [-0.2, 0) is 0 Å². The first kappa shape index (κ1) is 12.9. The fourth-order valence-electron chi connectivity index (χ4n) is 2.88. The summed E-state index contributed by atoms with van der Waals surface area (Å²) in [5.74, 6) is 0. The van der Waals surface area contributed by atoms with Crippen LogP contribution in [0.2, 0.25) is 0 Å².